The predicted octanol–water partition coefficient (Wildman–Crippen LogP) is 1.52. The molecule has 0 aliphatic heterocycles. The van der Waals surface area contributed by atoms with E-state index < -0.39 is 18.0 Å². The van der Waals surface area contributed by atoms with Gasteiger partial charge in [-0.1, -0.05) is 0 Å². The van der Waals surface area contributed by atoms with Crippen molar-refractivity contribution >= 4 is 11.7 Å². The fourth-order valence-corrected chi connectivity index (χ4v) is 1.01. The van der Waals surface area contributed by atoms with Crippen molar-refractivity contribution in [1.82, 2.24) is 4.98 Å². The van der Waals surface area contributed by atoms with Gasteiger partial charge >= 0.3 is 6.03 Å². The van der Waals surface area contributed by atoms with Crippen LogP contribution in [0.3, 0.4) is 0 Å². The number of methoxy groups -OCH3 is 1. The maximum Gasteiger partial charge on any atom is 0.316 e. The molecule has 3 N–H and O–H groups in total. The number of carbonyl (C=O) groups is 1. The lowest BCUT2D eigenvalue weighted by atomic mass is 10.2. The molecule has 0 spiro atoms. The van der Waals surface area contributed by atoms with Crippen LogP contribution in [0, 0.1) is 0 Å². The highest BCUT2D eigenvalue weighted by Crippen LogP contribution is 2.28. The SMILES string of the molecule is COc1ncc(NC(N)=O)cc1C(F)F. The second kappa shape index (κ2) is 4.54. The fraction of sp³-hybridized carbons (Fsp3) is 0.250. The third-order valence-electron chi connectivity index (χ3n) is 1.57. The van der Waals surface area contributed by atoms with E-state index >= 15 is 0 Å². The highest BCUT2D eigenvalue weighted by Gasteiger charge is 2.16. The largest absolute Gasteiger partial charge is 0.481 e. The Hall–Kier alpha value is -1.92. The Balaban J connectivity index is 3.04. The number of halogens is 2. The van der Waals surface area contributed by atoms with Crippen molar-refractivity contribution in [3.63, 3.8) is 0 Å². The Morgan fingerprint density at radius 1 is 1.67 bits per heavy atom. The molecule has 1 heterocycles. The minimum atomic E-state index is -2.73. The van der Waals surface area contributed by atoms with Gasteiger partial charge < -0.3 is 15.8 Å². The molecule has 0 aliphatic rings. The summed E-state index contributed by atoms with van der Waals surface area (Å²) in [4.78, 5) is 14.1. The summed E-state index contributed by atoms with van der Waals surface area (Å²) in [5, 5.41) is 2.14. The number of ether oxygens (including phenoxy) is 1. The van der Waals surface area contributed by atoms with Crippen molar-refractivity contribution in [2.24, 2.45) is 5.73 Å². The summed E-state index contributed by atoms with van der Waals surface area (Å²) in [6.45, 7) is 0. The summed E-state index contributed by atoms with van der Waals surface area (Å²) in [6, 6.07) is 0.212. The van der Waals surface area contributed by atoms with Crippen molar-refractivity contribution in [3.05, 3.63) is 17.8 Å². The number of nitrogens with zero attached hydrogens (tertiary/aromatic N) is 1. The van der Waals surface area contributed by atoms with E-state index in [-0.39, 0.29) is 11.6 Å². The number of aromatic nitrogens is 1. The minimum Gasteiger partial charge on any atom is -0.481 e. The van der Waals surface area contributed by atoms with Gasteiger partial charge in [0.25, 0.3) is 6.43 Å². The van der Waals surface area contributed by atoms with Crippen LogP contribution >= 0.6 is 0 Å². The lowest BCUT2D eigenvalue weighted by Crippen LogP contribution is -2.19. The van der Waals surface area contributed by atoms with Gasteiger partial charge in [-0.15, -0.1) is 0 Å². The van der Waals surface area contributed by atoms with Crippen LogP contribution < -0.4 is 15.8 Å². The lowest BCUT2D eigenvalue weighted by Gasteiger charge is -2.08. The molecule has 0 saturated heterocycles. The van der Waals surface area contributed by atoms with Crippen molar-refractivity contribution in [2.75, 3.05) is 12.4 Å². The number of anilines is 1. The van der Waals surface area contributed by atoms with E-state index in [1.807, 2.05) is 0 Å². The molecule has 0 aromatic carbocycles. The Kier molecular flexibility index (Phi) is 3.37. The second-order valence-corrected chi connectivity index (χ2v) is 2.61. The first kappa shape index (κ1) is 11.2. The molecular weight excluding hydrogens is 208 g/mol. The monoisotopic (exact) mass is 217 g/mol. The molecule has 1 aromatic heterocycles. The molecule has 0 aliphatic carbocycles. The molecule has 0 bridgehead atoms. The van der Waals surface area contributed by atoms with Gasteiger partial charge in [0, 0.05) is 0 Å². The van der Waals surface area contributed by atoms with E-state index in [1.165, 1.54) is 13.3 Å². The first-order chi connectivity index (χ1) is 7.04. The second-order valence-electron chi connectivity index (χ2n) is 2.61. The van der Waals surface area contributed by atoms with E-state index in [0.29, 0.717) is 0 Å². The summed E-state index contributed by atoms with van der Waals surface area (Å²) in [5.74, 6) is -0.181. The minimum absolute atomic E-state index is 0.0959. The topological polar surface area (TPSA) is 77.2 Å². The Bertz CT molecular complexity index is 371. The van der Waals surface area contributed by atoms with Crippen molar-refractivity contribution in [3.8, 4) is 5.88 Å². The van der Waals surface area contributed by atoms with Gasteiger partial charge in [0.15, 0.2) is 0 Å². The van der Waals surface area contributed by atoms with E-state index in [9.17, 15) is 13.6 Å². The predicted molar refractivity (Wildman–Crippen MR) is 49.0 cm³/mol. The smallest absolute Gasteiger partial charge is 0.316 e. The molecule has 1 aromatic rings. The Morgan fingerprint density at radius 3 is 2.80 bits per heavy atom. The van der Waals surface area contributed by atoms with Crippen LogP contribution in [0.2, 0.25) is 0 Å². The van der Waals surface area contributed by atoms with Gasteiger partial charge in [-0.3, -0.25) is 0 Å². The van der Waals surface area contributed by atoms with Crippen LogP contribution in [0.4, 0.5) is 19.3 Å². The van der Waals surface area contributed by atoms with Gasteiger partial charge in [0.05, 0.1) is 24.6 Å². The van der Waals surface area contributed by atoms with Crippen molar-refractivity contribution in [2.45, 2.75) is 6.43 Å². The maximum absolute atomic E-state index is 12.5. The molecule has 0 fully saturated rings. The molecular formula is C8H9F2N3O2. The standard InChI is InChI=1S/C8H9F2N3O2/c1-15-7-5(6(9)10)2-4(3-12-7)13-8(11)14/h2-3,6H,1H3,(H3,11,13,14). The van der Waals surface area contributed by atoms with Crippen LogP contribution in [-0.4, -0.2) is 18.1 Å². The van der Waals surface area contributed by atoms with Crippen LogP contribution in [0.5, 0.6) is 5.88 Å². The lowest BCUT2D eigenvalue weighted by molar-refractivity contribution is 0.146. The van der Waals surface area contributed by atoms with Gasteiger partial charge in [-0.25, -0.2) is 18.6 Å². The Morgan fingerprint density at radius 2 is 2.33 bits per heavy atom. The zero-order valence-electron chi connectivity index (χ0n) is 7.83. The van der Waals surface area contributed by atoms with Crippen LogP contribution in [-0.2, 0) is 0 Å². The molecule has 0 unspecified atom stereocenters. The molecule has 0 atom stereocenters. The van der Waals surface area contributed by atoms with Crippen LogP contribution in [0.15, 0.2) is 12.3 Å². The number of nitrogens with two attached hydrogens (primary N) is 1. The molecule has 0 saturated carbocycles. The first-order valence-corrected chi connectivity index (χ1v) is 3.93. The van der Waals surface area contributed by atoms with E-state index in [4.69, 9.17) is 5.73 Å². The number of alkyl halides is 2. The van der Waals surface area contributed by atoms with E-state index in [2.05, 4.69) is 15.0 Å². The summed E-state index contributed by atoms with van der Waals surface area (Å²) < 4.78 is 29.6. The van der Waals surface area contributed by atoms with E-state index in [1.54, 1.807) is 0 Å². The maximum atomic E-state index is 12.5. The number of primary amides is 1. The van der Waals surface area contributed by atoms with Gasteiger partial charge in [-0.2, -0.15) is 0 Å². The van der Waals surface area contributed by atoms with Crippen LogP contribution in [0.25, 0.3) is 0 Å². The van der Waals surface area contributed by atoms with Crippen molar-refractivity contribution in [1.29, 1.82) is 0 Å². The first-order valence-electron chi connectivity index (χ1n) is 3.93. The number of urea groups is 1. The number of rotatable bonds is 3. The quantitative estimate of drug-likeness (QED) is 0.805. The van der Waals surface area contributed by atoms with E-state index in [0.717, 1.165) is 6.07 Å². The third kappa shape index (κ3) is 2.76. The molecule has 15 heavy (non-hydrogen) atoms. The zero-order chi connectivity index (χ0) is 11.4. The molecule has 2 amide bonds. The number of hydrogen-bond donors (Lipinski definition) is 2. The average molecular weight is 217 g/mol. The number of amides is 2. The molecule has 82 valence electrons. The highest BCUT2D eigenvalue weighted by atomic mass is 19.3. The summed E-state index contributed by atoms with van der Waals surface area (Å²) in [6.07, 6.45) is -1.56. The highest BCUT2D eigenvalue weighted by molar-refractivity contribution is 5.87. The normalized spacial score (nSPS) is 10.1. The summed E-state index contributed by atoms with van der Waals surface area (Å²) in [7, 11) is 1.23. The third-order valence-corrected chi connectivity index (χ3v) is 1.57. The van der Waals surface area contributed by atoms with Crippen molar-refractivity contribution < 1.29 is 18.3 Å². The molecule has 5 nitrogen and oxygen atoms in total. The summed E-state index contributed by atoms with van der Waals surface area (Å²) in [5.41, 5.74) is 4.52. The zero-order valence-corrected chi connectivity index (χ0v) is 7.83. The molecule has 1 rings (SSSR count). The average Bonchev–Trinajstić information content (AvgIpc) is 2.16. The number of hydrogen-bond acceptors (Lipinski definition) is 3. The number of pyridine rings is 1. The molecule has 7 heteroatoms. The number of nitrogens with one attached hydrogen (secondary N) is 1. The van der Waals surface area contributed by atoms with Crippen LogP contribution in [0.1, 0.15) is 12.0 Å². The Labute approximate surface area is 84.2 Å². The number of carbonyl (C=O) groups excluding carboxylic acids is 1. The van der Waals surface area contributed by atoms with Gasteiger partial charge in [-0.05, 0) is 6.07 Å². The molecule has 0 radical (unpaired) electrons. The fourth-order valence-electron chi connectivity index (χ4n) is 1.01. The van der Waals surface area contributed by atoms with Gasteiger partial charge in [0.1, 0.15) is 0 Å². The summed E-state index contributed by atoms with van der Waals surface area (Å²) >= 11 is 0. The van der Waals surface area contributed by atoms with Gasteiger partial charge in [0.2, 0.25) is 5.88 Å².